The lowest BCUT2D eigenvalue weighted by molar-refractivity contribution is 0.689. The summed E-state index contributed by atoms with van der Waals surface area (Å²) >= 11 is 0. The fraction of sp³-hybridized carbons (Fsp3) is 1.00. The van der Waals surface area contributed by atoms with Crippen LogP contribution in [0, 0.1) is 0 Å². The second-order valence-electron chi connectivity index (χ2n) is 1.21. The first-order chi connectivity index (χ1) is 2.50. The lowest BCUT2D eigenvalue weighted by atomic mass is 10.5. The smallest absolute Gasteiger partial charge is 0.0112 e. The van der Waals surface area contributed by atoms with Crippen molar-refractivity contribution in [1.29, 1.82) is 0 Å². The highest BCUT2D eigenvalue weighted by atomic mass is 16.0. The van der Waals surface area contributed by atoms with Crippen LogP contribution in [0.15, 0.2) is 0 Å². The zero-order valence-corrected chi connectivity index (χ0v) is 3.62. The molecule has 3 heteroatoms. The van der Waals surface area contributed by atoms with E-state index in [2.05, 4.69) is 10.9 Å². The van der Waals surface area contributed by atoms with Crippen molar-refractivity contribution in [3.63, 3.8) is 0 Å². The zero-order valence-electron chi connectivity index (χ0n) is 3.62. The minimum Gasteiger partial charge on any atom is -0.412 e. The van der Waals surface area contributed by atoms with Crippen molar-refractivity contribution >= 4 is 0 Å². The first-order valence-corrected chi connectivity index (χ1v) is 1.96. The number of rotatable bonds is 0. The summed E-state index contributed by atoms with van der Waals surface area (Å²) < 4.78 is 0. The molecule has 1 heterocycles. The van der Waals surface area contributed by atoms with Gasteiger partial charge in [0.2, 0.25) is 0 Å². The molecule has 0 spiro atoms. The van der Waals surface area contributed by atoms with Crippen LogP contribution in [0.5, 0.6) is 0 Å². The molecular weight excluding hydrogens is 80.0 g/mol. The molecule has 0 bridgehead atoms. The van der Waals surface area contributed by atoms with E-state index in [1.807, 2.05) is 0 Å². The van der Waals surface area contributed by atoms with Crippen molar-refractivity contribution in [2.24, 2.45) is 0 Å². The number of hydrogen-bond acceptors (Lipinski definition) is 2. The van der Waals surface area contributed by atoms with Gasteiger partial charge in [-0.1, -0.05) is 0 Å². The molecule has 38 valence electrons. The van der Waals surface area contributed by atoms with Crippen LogP contribution in [0.1, 0.15) is 6.42 Å². The Morgan fingerprint density at radius 1 is 1.00 bits per heavy atom. The fourth-order valence-corrected chi connectivity index (χ4v) is 0.442. The van der Waals surface area contributed by atoms with E-state index >= 15 is 0 Å². The van der Waals surface area contributed by atoms with Gasteiger partial charge in [0.05, 0.1) is 0 Å². The molecule has 0 saturated carbocycles. The molecule has 4 N–H and O–H groups in total. The lowest BCUT2D eigenvalue weighted by Gasteiger charge is -1.81. The van der Waals surface area contributed by atoms with Gasteiger partial charge in [-0.2, -0.15) is 0 Å². The second kappa shape index (κ2) is 3.08. The molecule has 1 aliphatic heterocycles. The maximum Gasteiger partial charge on any atom is 0.0112 e. The predicted octanol–water partition coefficient (Wildman–Crippen LogP) is -1.34. The topological polar surface area (TPSA) is 55.6 Å². The molecule has 0 radical (unpaired) electrons. The third kappa shape index (κ3) is 1.35. The van der Waals surface area contributed by atoms with E-state index in [1.54, 1.807) is 0 Å². The van der Waals surface area contributed by atoms with Crippen LogP contribution in [-0.4, -0.2) is 18.6 Å². The van der Waals surface area contributed by atoms with Crippen LogP contribution in [0.3, 0.4) is 0 Å². The van der Waals surface area contributed by atoms with Crippen LogP contribution in [-0.2, 0) is 0 Å². The van der Waals surface area contributed by atoms with Crippen LogP contribution >= 0.6 is 0 Å². The Morgan fingerprint density at radius 3 is 1.67 bits per heavy atom. The number of nitrogens with one attached hydrogen (secondary N) is 2. The summed E-state index contributed by atoms with van der Waals surface area (Å²) in [6.45, 7) is 2.28. The van der Waals surface area contributed by atoms with E-state index in [4.69, 9.17) is 0 Å². The molecule has 1 saturated heterocycles. The van der Waals surface area contributed by atoms with Gasteiger partial charge in [0.1, 0.15) is 0 Å². The van der Waals surface area contributed by atoms with Gasteiger partial charge >= 0.3 is 0 Å². The maximum absolute atomic E-state index is 2.97. The van der Waals surface area contributed by atoms with Crippen molar-refractivity contribution < 1.29 is 5.48 Å². The van der Waals surface area contributed by atoms with Gasteiger partial charge in [-0.15, -0.1) is 0 Å². The number of hydrazine groups is 1. The van der Waals surface area contributed by atoms with Gasteiger partial charge in [0.15, 0.2) is 0 Å². The Hall–Kier alpha value is -0.120. The molecule has 3 nitrogen and oxygen atoms in total. The van der Waals surface area contributed by atoms with E-state index in [-0.39, 0.29) is 5.48 Å². The Labute approximate surface area is 37.0 Å². The van der Waals surface area contributed by atoms with E-state index < -0.39 is 0 Å². The van der Waals surface area contributed by atoms with Gasteiger partial charge in [-0.3, -0.25) is 10.9 Å². The molecular formula is C3H10N2O. The Bertz CT molecular complexity index is 20.4. The van der Waals surface area contributed by atoms with Crippen LogP contribution < -0.4 is 10.9 Å². The Morgan fingerprint density at radius 2 is 1.50 bits per heavy atom. The van der Waals surface area contributed by atoms with Crippen LogP contribution in [0.25, 0.3) is 0 Å². The largest absolute Gasteiger partial charge is 0.412 e. The molecule has 0 amide bonds. The average Bonchev–Trinajstić information content (AvgIpc) is 1.76. The van der Waals surface area contributed by atoms with E-state index in [0.29, 0.717) is 0 Å². The predicted molar refractivity (Wildman–Crippen MR) is 24.2 cm³/mol. The summed E-state index contributed by atoms with van der Waals surface area (Å²) in [7, 11) is 0. The van der Waals surface area contributed by atoms with Gasteiger partial charge in [0.25, 0.3) is 0 Å². The average molecular weight is 90.1 g/mol. The minimum atomic E-state index is 0. The highest BCUT2D eigenvalue weighted by Gasteiger charge is 1.91. The molecule has 0 aromatic carbocycles. The van der Waals surface area contributed by atoms with E-state index in [9.17, 15) is 0 Å². The minimum absolute atomic E-state index is 0. The summed E-state index contributed by atoms with van der Waals surface area (Å²) in [6, 6.07) is 0. The first kappa shape index (κ1) is 5.88. The summed E-state index contributed by atoms with van der Waals surface area (Å²) in [4.78, 5) is 0. The van der Waals surface area contributed by atoms with Gasteiger partial charge < -0.3 is 5.48 Å². The first-order valence-electron chi connectivity index (χ1n) is 1.96. The lowest BCUT2D eigenvalue weighted by Crippen LogP contribution is -2.21. The van der Waals surface area contributed by atoms with E-state index in [1.165, 1.54) is 6.42 Å². The number of hydrogen-bond donors (Lipinski definition) is 2. The molecule has 1 rings (SSSR count). The van der Waals surface area contributed by atoms with Crippen molar-refractivity contribution in [2.75, 3.05) is 13.1 Å². The quantitative estimate of drug-likeness (QED) is 0.387. The highest BCUT2D eigenvalue weighted by molar-refractivity contribution is 4.51. The van der Waals surface area contributed by atoms with Crippen LogP contribution in [0.2, 0.25) is 0 Å². The van der Waals surface area contributed by atoms with Crippen molar-refractivity contribution in [2.45, 2.75) is 6.42 Å². The third-order valence-corrected chi connectivity index (χ3v) is 0.729. The second-order valence-corrected chi connectivity index (χ2v) is 1.21. The van der Waals surface area contributed by atoms with Gasteiger partial charge in [-0.05, 0) is 6.42 Å². The highest BCUT2D eigenvalue weighted by Crippen LogP contribution is 1.74. The van der Waals surface area contributed by atoms with Crippen molar-refractivity contribution in [3.05, 3.63) is 0 Å². The maximum atomic E-state index is 2.97. The van der Waals surface area contributed by atoms with Crippen molar-refractivity contribution in [1.82, 2.24) is 10.9 Å². The van der Waals surface area contributed by atoms with Gasteiger partial charge in [0, 0.05) is 13.1 Å². The molecule has 0 aromatic heterocycles. The summed E-state index contributed by atoms with van der Waals surface area (Å²) in [5.41, 5.74) is 5.94. The summed E-state index contributed by atoms with van der Waals surface area (Å²) in [5, 5.41) is 0. The molecule has 0 unspecified atom stereocenters. The Kier molecular flexibility index (Phi) is 3.02. The molecule has 1 aliphatic rings. The standard InChI is InChI=1S/C3H8N2.H2O/c1-2-4-5-3-1;/h4-5H,1-3H2;1H2. The van der Waals surface area contributed by atoms with Crippen LogP contribution in [0.4, 0.5) is 0 Å². The summed E-state index contributed by atoms with van der Waals surface area (Å²) in [5.74, 6) is 0. The molecule has 0 aliphatic carbocycles. The molecule has 6 heavy (non-hydrogen) atoms. The summed E-state index contributed by atoms with van der Waals surface area (Å²) in [6.07, 6.45) is 1.28. The fourth-order valence-electron chi connectivity index (χ4n) is 0.442. The third-order valence-electron chi connectivity index (χ3n) is 0.729. The normalized spacial score (nSPS) is 20.0. The molecule has 0 aromatic rings. The van der Waals surface area contributed by atoms with Gasteiger partial charge in [-0.25, -0.2) is 0 Å². The van der Waals surface area contributed by atoms with Crippen molar-refractivity contribution in [3.8, 4) is 0 Å². The van der Waals surface area contributed by atoms with E-state index in [0.717, 1.165) is 13.1 Å². The SMILES string of the molecule is C1CNNC1.O. The molecule has 0 atom stereocenters. The Balaban J connectivity index is 0.000000250. The zero-order chi connectivity index (χ0) is 3.54. The monoisotopic (exact) mass is 90.1 g/mol. The molecule has 1 fully saturated rings.